The molecule has 6 nitrogen and oxygen atoms in total. The van der Waals surface area contributed by atoms with Crippen molar-refractivity contribution in [1.82, 2.24) is 15.1 Å². The molecule has 0 radical (unpaired) electrons. The highest BCUT2D eigenvalue weighted by molar-refractivity contribution is 5.86. The van der Waals surface area contributed by atoms with Gasteiger partial charge in [-0.25, -0.2) is 4.79 Å². The molecular formula is C10H15N3O3. The lowest BCUT2D eigenvalue weighted by atomic mass is 10.3. The highest BCUT2D eigenvalue weighted by Gasteiger charge is 2.07. The van der Waals surface area contributed by atoms with Crippen molar-refractivity contribution < 1.29 is 14.7 Å². The zero-order valence-corrected chi connectivity index (χ0v) is 9.30. The minimum atomic E-state index is -1.02. The summed E-state index contributed by atoms with van der Waals surface area (Å²) in [5.74, 6) is -1.08. The van der Waals surface area contributed by atoms with E-state index < -0.39 is 5.97 Å². The molecule has 0 aliphatic carbocycles. The van der Waals surface area contributed by atoms with Gasteiger partial charge in [-0.3, -0.25) is 9.48 Å². The third kappa shape index (κ3) is 3.72. The van der Waals surface area contributed by atoms with Gasteiger partial charge in [0, 0.05) is 25.2 Å². The van der Waals surface area contributed by atoms with Crippen molar-refractivity contribution >= 4 is 11.9 Å². The van der Waals surface area contributed by atoms with Gasteiger partial charge in [0.25, 0.3) is 0 Å². The largest absolute Gasteiger partial charge is 0.478 e. The Bertz CT molecular complexity index is 384. The molecule has 0 spiro atoms. The van der Waals surface area contributed by atoms with Crippen molar-refractivity contribution in [3.8, 4) is 0 Å². The van der Waals surface area contributed by atoms with Gasteiger partial charge in [0.15, 0.2) is 0 Å². The fraction of sp³-hybridized carbons (Fsp3) is 0.500. The summed E-state index contributed by atoms with van der Waals surface area (Å²) in [6.45, 7) is 4.15. The van der Waals surface area contributed by atoms with Gasteiger partial charge in [-0.05, 0) is 13.8 Å². The van der Waals surface area contributed by atoms with Gasteiger partial charge in [-0.2, -0.15) is 5.10 Å². The topological polar surface area (TPSA) is 84.2 Å². The van der Waals surface area contributed by atoms with E-state index in [1.165, 1.54) is 17.1 Å². The molecule has 1 amide bonds. The monoisotopic (exact) mass is 225 g/mol. The average molecular weight is 225 g/mol. The molecule has 6 heteroatoms. The molecule has 1 rings (SSSR count). The zero-order chi connectivity index (χ0) is 12.1. The number of aromatic carboxylic acids is 1. The maximum absolute atomic E-state index is 11.3. The maximum atomic E-state index is 11.3. The second-order valence-corrected chi connectivity index (χ2v) is 3.77. The summed E-state index contributed by atoms with van der Waals surface area (Å²) < 4.78 is 1.45. The van der Waals surface area contributed by atoms with Crippen molar-refractivity contribution in [2.75, 3.05) is 0 Å². The quantitative estimate of drug-likeness (QED) is 0.764. The number of carbonyl (C=O) groups is 2. The molecule has 0 bridgehead atoms. The third-order valence-electron chi connectivity index (χ3n) is 1.90. The highest BCUT2D eigenvalue weighted by Crippen LogP contribution is 1.98. The van der Waals surface area contributed by atoms with Crippen LogP contribution in [0.25, 0.3) is 0 Å². The van der Waals surface area contributed by atoms with Crippen molar-refractivity contribution in [3.63, 3.8) is 0 Å². The number of carbonyl (C=O) groups excluding carboxylic acids is 1. The fourth-order valence-electron chi connectivity index (χ4n) is 1.21. The fourth-order valence-corrected chi connectivity index (χ4v) is 1.21. The number of aromatic nitrogens is 2. The van der Waals surface area contributed by atoms with E-state index in [1.807, 2.05) is 13.8 Å². The number of carboxylic acid groups (broad SMARTS) is 1. The van der Waals surface area contributed by atoms with Gasteiger partial charge < -0.3 is 10.4 Å². The molecule has 0 saturated carbocycles. The number of hydrogen-bond acceptors (Lipinski definition) is 3. The van der Waals surface area contributed by atoms with Crippen molar-refractivity contribution in [1.29, 1.82) is 0 Å². The van der Waals surface area contributed by atoms with Crippen LogP contribution in [0.3, 0.4) is 0 Å². The van der Waals surface area contributed by atoms with E-state index in [-0.39, 0.29) is 17.5 Å². The Labute approximate surface area is 93.3 Å². The second kappa shape index (κ2) is 5.29. The molecular weight excluding hydrogens is 210 g/mol. The molecule has 0 aliphatic rings. The van der Waals surface area contributed by atoms with Crippen LogP contribution in [0, 0.1) is 0 Å². The van der Waals surface area contributed by atoms with Gasteiger partial charge in [0.2, 0.25) is 5.91 Å². The second-order valence-electron chi connectivity index (χ2n) is 3.77. The molecule has 16 heavy (non-hydrogen) atoms. The summed E-state index contributed by atoms with van der Waals surface area (Å²) in [4.78, 5) is 21.9. The standard InChI is InChI=1S/C10H15N3O3/c1-7(2)12-9(14)3-4-13-6-8(5-11-13)10(15)16/h5-7H,3-4H2,1-2H3,(H,12,14)(H,15,16). The Balaban J connectivity index is 2.42. The lowest BCUT2D eigenvalue weighted by Gasteiger charge is -2.07. The first-order valence-corrected chi connectivity index (χ1v) is 5.04. The SMILES string of the molecule is CC(C)NC(=O)CCn1cc(C(=O)O)cn1. The van der Waals surface area contributed by atoms with E-state index in [2.05, 4.69) is 10.4 Å². The number of amides is 1. The smallest absolute Gasteiger partial charge is 0.338 e. The predicted octanol–water partition coefficient (Wildman–Crippen LogP) is 0.496. The predicted molar refractivity (Wildman–Crippen MR) is 57.1 cm³/mol. The normalized spacial score (nSPS) is 10.4. The number of nitrogens with zero attached hydrogens (tertiary/aromatic N) is 2. The summed E-state index contributed by atoms with van der Waals surface area (Å²) in [5.41, 5.74) is 0.129. The molecule has 0 unspecified atom stereocenters. The molecule has 1 heterocycles. The number of carboxylic acids is 1. The Morgan fingerprint density at radius 2 is 2.25 bits per heavy atom. The van der Waals surface area contributed by atoms with Crippen LogP contribution in [0.15, 0.2) is 12.4 Å². The molecule has 1 aromatic heterocycles. The minimum Gasteiger partial charge on any atom is -0.478 e. The Hall–Kier alpha value is -1.85. The molecule has 0 saturated heterocycles. The Morgan fingerprint density at radius 1 is 1.56 bits per heavy atom. The third-order valence-corrected chi connectivity index (χ3v) is 1.90. The number of hydrogen-bond donors (Lipinski definition) is 2. The van der Waals surface area contributed by atoms with Crippen LogP contribution in [0.4, 0.5) is 0 Å². The lowest BCUT2D eigenvalue weighted by molar-refractivity contribution is -0.121. The van der Waals surface area contributed by atoms with E-state index in [1.54, 1.807) is 0 Å². The lowest BCUT2D eigenvalue weighted by Crippen LogP contribution is -2.30. The van der Waals surface area contributed by atoms with Gasteiger partial charge in [0.1, 0.15) is 0 Å². The van der Waals surface area contributed by atoms with Crippen LogP contribution in [-0.4, -0.2) is 32.8 Å². The van der Waals surface area contributed by atoms with Gasteiger partial charge in [-0.1, -0.05) is 0 Å². The molecule has 88 valence electrons. The Morgan fingerprint density at radius 3 is 2.75 bits per heavy atom. The molecule has 0 aromatic carbocycles. The molecule has 0 fully saturated rings. The van der Waals surface area contributed by atoms with Crippen molar-refractivity contribution in [2.24, 2.45) is 0 Å². The summed E-state index contributed by atoms with van der Waals surface area (Å²) in [5, 5.41) is 15.3. The van der Waals surface area contributed by atoms with Crippen molar-refractivity contribution in [3.05, 3.63) is 18.0 Å². The summed E-state index contributed by atoms with van der Waals surface area (Å²) in [6.07, 6.45) is 2.96. The first-order chi connectivity index (χ1) is 7.49. The summed E-state index contributed by atoms with van der Waals surface area (Å²) in [6, 6.07) is 0.111. The number of nitrogens with one attached hydrogen (secondary N) is 1. The van der Waals surface area contributed by atoms with Gasteiger partial charge in [0.05, 0.1) is 11.8 Å². The average Bonchev–Trinajstić information content (AvgIpc) is 2.61. The first-order valence-electron chi connectivity index (χ1n) is 5.04. The molecule has 1 aromatic rings. The van der Waals surface area contributed by atoms with E-state index in [0.717, 1.165) is 0 Å². The van der Waals surface area contributed by atoms with E-state index in [4.69, 9.17) is 5.11 Å². The highest BCUT2D eigenvalue weighted by atomic mass is 16.4. The molecule has 0 atom stereocenters. The summed E-state index contributed by atoms with van der Waals surface area (Å²) >= 11 is 0. The number of aryl methyl sites for hydroxylation is 1. The van der Waals surface area contributed by atoms with E-state index in [9.17, 15) is 9.59 Å². The van der Waals surface area contributed by atoms with Crippen LogP contribution in [0.2, 0.25) is 0 Å². The van der Waals surface area contributed by atoms with E-state index >= 15 is 0 Å². The van der Waals surface area contributed by atoms with E-state index in [0.29, 0.717) is 13.0 Å². The van der Waals surface area contributed by atoms with Crippen LogP contribution < -0.4 is 5.32 Å². The molecule has 0 aliphatic heterocycles. The molecule has 2 N–H and O–H groups in total. The minimum absolute atomic E-state index is 0.0672. The van der Waals surface area contributed by atoms with Crippen LogP contribution >= 0.6 is 0 Å². The van der Waals surface area contributed by atoms with Gasteiger partial charge >= 0.3 is 5.97 Å². The zero-order valence-electron chi connectivity index (χ0n) is 9.30. The summed E-state index contributed by atoms with van der Waals surface area (Å²) in [7, 11) is 0. The van der Waals surface area contributed by atoms with Crippen molar-refractivity contribution in [2.45, 2.75) is 32.9 Å². The van der Waals surface area contributed by atoms with Crippen LogP contribution in [0.1, 0.15) is 30.6 Å². The maximum Gasteiger partial charge on any atom is 0.338 e. The first kappa shape index (κ1) is 12.2. The Kier molecular flexibility index (Phi) is 4.04. The van der Waals surface area contributed by atoms with Crippen LogP contribution in [-0.2, 0) is 11.3 Å². The van der Waals surface area contributed by atoms with Crippen LogP contribution in [0.5, 0.6) is 0 Å². The number of rotatable bonds is 5. The van der Waals surface area contributed by atoms with Gasteiger partial charge in [-0.15, -0.1) is 0 Å².